The van der Waals surface area contributed by atoms with Crippen molar-refractivity contribution in [2.75, 3.05) is 37.7 Å². The monoisotopic (exact) mass is 383 g/mol. The van der Waals surface area contributed by atoms with Crippen molar-refractivity contribution in [2.45, 2.75) is 25.6 Å². The fourth-order valence-corrected chi connectivity index (χ4v) is 3.75. The smallest absolute Gasteiger partial charge is 0.227 e. The molecule has 1 fully saturated rings. The second-order valence-corrected chi connectivity index (χ2v) is 7.17. The number of aryl methyl sites for hydroxylation is 1. The molecule has 28 heavy (non-hydrogen) atoms. The van der Waals surface area contributed by atoms with Crippen LogP contribution in [0.25, 0.3) is 11.1 Å². The minimum atomic E-state index is -1.05. The first-order chi connectivity index (χ1) is 13.6. The van der Waals surface area contributed by atoms with Gasteiger partial charge in [0.15, 0.2) is 6.35 Å². The number of carbonyl (C=O) groups excluding carboxylic acids is 1. The van der Waals surface area contributed by atoms with Crippen LogP contribution in [0.5, 0.6) is 0 Å². The molecule has 4 rings (SSSR count). The van der Waals surface area contributed by atoms with E-state index in [-0.39, 0.29) is 5.91 Å². The lowest BCUT2D eigenvalue weighted by Crippen LogP contribution is -2.45. The number of anilines is 1. The van der Waals surface area contributed by atoms with Gasteiger partial charge in [0.2, 0.25) is 5.91 Å². The van der Waals surface area contributed by atoms with Crippen molar-refractivity contribution in [3.05, 3.63) is 41.9 Å². The van der Waals surface area contributed by atoms with Gasteiger partial charge >= 0.3 is 0 Å². The molecule has 1 atom stereocenters. The molecule has 0 bridgehead atoms. The minimum absolute atomic E-state index is 0.0957. The maximum Gasteiger partial charge on any atom is 0.227 e. The zero-order valence-corrected chi connectivity index (χ0v) is 15.8. The highest BCUT2D eigenvalue weighted by atomic mass is 16.5. The summed E-state index contributed by atoms with van der Waals surface area (Å²) in [5.41, 5.74) is 9.45. The number of aliphatic hydroxyl groups excluding tert-OH is 1. The fraction of sp³-hybridized carbons (Fsp3) is 0.450. The largest absolute Gasteiger partial charge is 0.378 e. The highest BCUT2D eigenvalue weighted by molar-refractivity contribution is 5.79. The number of rotatable bonds is 4. The third-order valence-corrected chi connectivity index (χ3v) is 5.23. The zero-order valence-electron chi connectivity index (χ0n) is 15.8. The molecule has 0 radical (unpaired) electrons. The summed E-state index contributed by atoms with van der Waals surface area (Å²) in [4.78, 5) is 24.9. The summed E-state index contributed by atoms with van der Waals surface area (Å²) in [6.07, 6.45) is 6.37. The lowest BCUT2D eigenvalue weighted by atomic mass is 10.00. The molecule has 0 saturated carbocycles. The maximum atomic E-state index is 12.5. The first-order valence-corrected chi connectivity index (χ1v) is 9.61. The molecule has 2 aromatic rings. The summed E-state index contributed by atoms with van der Waals surface area (Å²) in [6.45, 7) is 3.17. The third kappa shape index (κ3) is 3.99. The van der Waals surface area contributed by atoms with Crippen LogP contribution in [-0.4, -0.2) is 65.1 Å². The maximum absolute atomic E-state index is 12.5. The number of amides is 1. The van der Waals surface area contributed by atoms with Gasteiger partial charge in [0.25, 0.3) is 0 Å². The summed E-state index contributed by atoms with van der Waals surface area (Å²) in [5, 5.41) is 9.75. The molecule has 4 heterocycles. The fourth-order valence-electron chi connectivity index (χ4n) is 3.75. The van der Waals surface area contributed by atoms with E-state index in [1.54, 1.807) is 23.5 Å². The standard InChI is InChI=1S/C20H25N5O3/c21-20(27)25-3-1-2-15-10-17(13-23-19(15)25)16-8-14(11-22-12-16)9-18(26)24-4-6-28-7-5-24/h8,10-13,20,27H,1-7,9,21H2. The van der Waals surface area contributed by atoms with E-state index in [0.29, 0.717) is 39.3 Å². The number of nitrogens with zero attached hydrogens (tertiary/aromatic N) is 4. The topological polar surface area (TPSA) is 105 Å². The molecular formula is C20H25N5O3. The van der Waals surface area contributed by atoms with Crippen molar-refractivity contribution in [1.29, 1.82) is 0 Å². The van der Waals surface area contributed by atoms with Crippen LogP contribution >= 0.6 is 0 Å². The van der Waals surface area contributed by atoms with E-state index in [1.165, 1.54) is 0 Å². The molecule has 8 heteroatoms. The molecule has 2 aliphatic rings. The Hall–Kier alpha value is -2.55. The number of carbonyl (C=O) groups is 1. The number of morpholine rings is 1. The van der Waals surface area contributed by atoms with Crippen molar-refractivity contribution in [2.24, 2.45) is 5.73 Å². The predicted octanol–water partition coefficient (Wildman–Crippen LogP) is 0.532. The lowest BCUT2D eigenvalue weighted by molar-refractivity contribution is -0.134. The molecule has 148 valence electrons. The Bertz CT molecular complexity index is 851. The number of aliphatic hydroxyl groups is 1. The number of pyridine rings is 2. The van der Waals surface area contributed by atoms with Gasteiger partial charge in [-0.1, -0.05) is 0 Å². The number of nitrogens with two attached hydrogens (primary N) is 1. The second kappa shape index (κ2) is 8.22. The molecular weight excluding hydrogens is 358 g/mol. The summed E-state index contributed by atoms with van der Waals surface area (Å²) < 4.78 is 5.30. The summed E-state index contributed by atoms with van der Waals surface area (Å²) in [5.74, 6) is 0.829. The predicted molar refractivity (Wildman–Crippen MR) is 104 cm³/mol. The van der Waals surface area contributed by atoms with Gasteiger partial charge in [-0.3, -0.25) is 15.5 Å². The number of fused-ring (bicyclic) bond motifs is 1. The van der Waals surface area contributed by atoms with Gasteiger partial charge in [-0.15, -0.1) is 0 Å². The van der Waals surface area contributed by atoms with Crippen molar-refractivity contribution in [1.82, 2.24) is 14.9 Å². The van der Waals surface area contributed by atoms with Crippen molar-refractivity contribution < 1.29 is 14.6 Å². The van der Waals surface area contributed by atoms with Gasteiger partial charge in [-0.2, -0.15) is 0 Å². The van der Waals surface area contributed by atoms with Gasteiger partial charge in [0.1, 0.15) is 5.82 Å². The Labute approximate surface area is 163 Å². The van der Waals surface area contributed by atoms with Crippen molar-refractivity contribution >= 4 is 11.7 Å². The number of hydrogen-bond acceptors (Lipinski definition) is 7. The SMILES string of the molecule is NC(O)N1CCCc2cc(-c3cncc(CC(=O)N4CCOCC4)c3)cnc21. The van der Waals surface area contributed by atoms with Crippen LogP contribution < -0.4 is 10.6 Å². The Morgan fingerprint density at radius 1 is 1.18 bits per heavy atom. The zero-order chi connectivity index (χ0) is 19.5. The highest BCUT2D eigenvalue weighted by Crippen LogP contribution is 2.29. The molecule has 1 amide bonds. The Morgan fingerprint density at radius 2 is 1.96 bits per heavy atom. The Morgan fingerprint density at radius 3 is 2.75 bits per heavy atom. The van der Waals surface area contributed by atoms with Crippen LogP contribution in [0.15, 0.2) is 30.7 Å². The molecule has 1 unspecified atom stereocenters. The normalized spacial score (nSPS) is 17.9. The molecule has 3 N–H and O–H groups in total. The molecule has 2 aliphatic heterocycles. The van der Waals surface area contributed by atoms with Crippen molar-refractivity contribution in [3.63, 3.8) is 0 Å². The summed E-state index contributed by atoms with van der Waals surface area (Å²) in [7, 11) is 0. The number of hydrogen-bond donors (Lipinski definition) is 2. The first-order valence-electron chi connectivity index (χ1n) is 9.61. The Kier molecular flexibility index (Phi) is 5.52. The molecule has 1 saturated heterocycles. The van der Waals surface area contributed by atoms with Crippen LogP contribution in [-0.2, 0) is 22.4 Å². The van der Waals surface area contributed by atoms with Crippen LogP contribution in [0.2, 0.25) is 0 Å². The lowest BCUT2D eigenvalue weighted by Gasteiger charge is -2.32. The third-order valence-electron chi connectivity index (χ3n) is 5.23. The van der Waals surface area contributed by atoms with Crippen LogP contribution in [0.3, 0.4) is 0 Å². The van der Waals surface area contributed by atoms with Crippen LogP contribution in [0, 0.1) is 0 Å². The van der Waals surface area contributed by atoms with Gasteiger partial charge in [0, 0.05) is 49.4 Å². The van der Waals surface area contributed by atoms with Gasteiger partial charge in [-0.05, 0) is 36.1 Å². The van der Waals surface area contributed by atoms with E-state index in [1.807, 2.05) is 11.0 Å². The van der Waals surface area contributed by atoms with E-state index >= 15 is 0 Å². The van der Waals surface area contributed by atoms with Gasteiger partial charge < -0.3 is 19.6 Å². The minimum Gasteiger partial charge on any atom is -0.378 e. The second-order valence-electron chi connectivity index (χ2n) is 7.17. The van der Waals surface area contributed by atoms with Crippen LogP contribution in [0.4, 0.5) is 5.82 Å². The molecule has 0 aliphatic carbocycles. The number of ether oxygens (including phenoxy) is 1. The van der Waals surface area contributed by atoms with E-state index < -0.39 is 6.35 Å². The van der Waals surface area contributed by atoms with E-state index in [2.05, 4.69) is 16.0 Å². The average Bonchev–Trinajstić information content (AvgIpc) is 2.73. The number of aromatic nitrogens is 2. The van der Waals surface area contributed by atoms with Gasteiger partial charge in [0.05, 0.1) is 19.6 Å². The highest BCUT2D eigenvalue weighted by Gasteiger charge is 2.22. The molecule has 8 nitrogen and oxygen atoms in total. The van der Waals surface area contributed by atoms with Gasteiger partial charge in [-0.25, -0.2) is 4.98 Å². The average molecular weight is 383 g/mol. The summed E-state index contributed by atoms with van der Waals surface area (Å²) >= 11 is 0. The van der Waals surface area contributed by atoms with E-state index in [4.69, 9.17) is 10.5 Å². The quantitative estimate of drug-likeness (QED) is 0.742. The molecule has 2 aromatic heterocycles. The summed E-state index contributed by atoms with van der Waals surface area (Å²) in [6, 6.07) is 4.06. The molecule has 0 spiro atoms. The van der Waals surface area contributed by atoms with E-state index in [9.17, 15) is 9.90 Å². The first kappa shape index (κ1) is 18.8. The Balaban J connectivity index is 1.53. The van der Waals surface area contributed by atoms with Crippen LogP contribution in [0.1, 0.15) is 17.5 Å². The van der Waals surface area contributed by atoms with Crippen molar-refractivity contribution in [3.8, 4) is 11.1 Å². The molecule has 0 aromatic carbocycles. The van der Waals surface area contributed by atoms with E-state index in [0.717, 1.165) is 40.9 Å².